The van der Waals surface area contributed by atoms with Gasteiger partial charge in [0.15, 0.2) is 0 Å². The molecule has 1 aromatic heterocycles. The number of primary amides is 1. The summed E-state index contributed by atoms with van der Waals surface area (Å²) in [5.41, 5.74) is 11.9. The molecule has 160 valence electrons. The minimum atomic E-state index is -1.24. The third kappa shape index (κ3) is 7.02. The number of nitrogens with one attached hydrogen (secondary N) is 3. The van der Waals surface area contributed by atoms with E-state index in [1.54, 1.807) is 30.3 Å². The molecule has 0 aliphatic heterocycles. The highest BCUT2D eigenvalue weighted by Gasteiger charge is 2.29. The van der Waals surface area contributed by atoms with Gasteiger partial charge in [-0.3, -0.25) is 14.4 Å². The van der Waals surface area contributed by atoms with Gasteiger partial charge in [-0.25, -0.2) is 9.78 Å². The van der Waals surface area contributed by atoms with Crippen molar-refractivity contribution in [1.29, 1.82) is 0 Å². The van der Waals surface area contributed by atoms with Crippen molar-refractivity contribution in [2.24, 2.45) is 11.5 Å². The zero-order chi connectivity index (χ0) is 22.1. The lowest BCUT2D eigenvalue weighted by molar-refractivity contribution is -0.142. The lowest BCUT2D eigenvalue weighted by Crippen LogP contribution is -2.56. The fraction of sp³-hybridized carbons (Fsp3) is 0.316. The van der Waals surface area contributed by atoms with Crippen LogP contribution >= 0.6 is 0 Å². The van der Waals surface area contributed by atoms with Crippen LogP contribution in [0.1, 0.15) is 17.7 Å². The molecular weight excluding hydrogens is 392 g/mol. The van der Waals surface area contributed by atoms with E-state index in [1.807, 2.05) is 0 Å². The number of aliphatic carboxylic acids is 1. The molecule has 0 saturated carbocycles. The van der Waals surface area contributed by atoms with E-state index < -0.39 is 48.2 Å². The van der Waals surface area contributed by atoms with Crippen molar-refractivity contribution in [3.8, 4) is 0 Å². The lowest BCUT2D eigenvalue weighted by atomic mass is 10.0. The molecule has 0 aliphatic rings. The molecule has 30 heavy (non-hydrogen) atoms. The van der Waals surface area contributed by atoms with Gasteiger partial charge in [-0.2, -0.15) is 0 Å². The number of nitrogens with two attached hydrogens (primary N) is 2. The van der Waals surface area contributed by atoms with Crippen molar-refractivity contribution in [3.05, 3.63) is 54.1 Å². The minimum absolute atomic E-state index is 0.0124. The predicted octanol–water partition coefficient (Wildman–Crippen LogP) is -1.55. The molecule has 1 heterocycles. The Hall–Kier alpha value is -3.73. The smallest absolute Gasteiger partial charge is 0.326 e. The number of carbonyl (C=O) groups excluding carboxylic acids is 3. The Morgan fingerprint density at radius 3 is 2.27 bits per heavy atom. The summed E-state index contributed by atoms with van der Waals surface area (Å²) < 4.78 is 0. The van der Waals surface area contributed by atoms with E-state index in [9.17, 15) is 24.3 Å². The summed E-state index contributed by atoms with van der Waals surface area (Å²) in [7, 11) is 0. The van der Waals surface area contributed by atoms with E-state index >= 15 is 0 Å². The van der Waals surface area contributed by atoms with E-state index in [1.165, 1.54) is 12.5 Å². The largest absolute Gasteiger partial charge is 0.480 e. The summed E-state index contributed by atoms with van der Waals surface area (Å²) in [5, 5.41) is 14.4. The average Bonchev–Trinajstić information content (AvgIpc) is 3.20. The van der Waals surface area contributed by atoms with Crippen molar-refractivity contribution < 1.29 is 24.3 Å². The molecular formula is C19H24N6O5. The first kappa shape index (κ1) is 22.6. The molecule has 0 spiro atoms. The molecule has 0 fully saturated rings. The van der Waals surface area contributed by atoms with Gasteiger partial charge in [0.05, 0.1) is 18.8 Å². The molecule has 11 heteroatoms. The van der Waals surface area contributed by atoms with E-state index in [0.717, 1.165) is 5.56 Å². The number of aromatic nitrogens is 2. The van der Waals surface area contributed by atoms with Gasteiger partial charge in [0.25, 0.3) is 0 Å². The Morgan fingerprint density at radius 1 is 1.03 bits per heavy atom. The second-order valence-corrected chi connectivity index (χ2v) is 6.71. The predicted molar refractivity (Wildman–Crippen MR) is 106 cm³/mol. The van der Waals surface area contributed by atoms with E-state index in [4.69, 9.17) is 11.5 Å². The highest BCUT2D eigenvalue weighted by atomic mass is 16.4. The van der Waals surface area contributed by atoms with Crippen LogP contribution in [0.5, 0.6) is 0 Å². The monoisotopic (exact) mass is 416 g/mol. The van der Waals surface area contributed by atoms with Crippen molar-refractivity contribution in [1.82, 2.24) is 20.6 Å². The second-order valence-electron chi connectivity index (χ2n) is 6.71. The average molecular weight is 416 g/mol. The van der Waals surface area contributed by atoms with Gasteiger partial charge >= 0.3 is 5.97 Å². The van der Waals surface area contributed by atoms with Crippen molar-refractivity contribution in [2.75, 3.05) is 0 Å². The zero-order valence-corrected chi connectivity index (χ0v) is 16.1. The van der Waals surface area contributed by atoms with E-state index in [-0.39, 0.29) is 12.8 Å². The summed E-state index contributed by atoms with van der Waals surface area (Å²) in [6.45, 7) is 0. The maximum Gasteiger partial charge on any atom is 0.326 e. The lowest BCUT2D eigenvalue weighted by Gasteiger charge is -2.22. The standard InChI is InChI=1S/C19H24N6O5/c20-13(8-16(21)26)17(27)24-14(7-12-9-22-10-23-12)18(28)25-15(19(29)30)6-11-4-2-1-3-5-11/h1-5,9-10,13-15H,6-8,20H2,(H2,21,26)(H,22,23)(H,24,27)(H,25,28)(H,29,30)/t13-,14-,15-/m0/s1. The van der Waals surface area contributed by atoms with Crippen LogP contribution in [0.3, 0.4) is 0 Å². The van der Waals surface area contributed by atoms with Crippen molar-refractivity contribution >= 4 is 23.7 Å². The summed E-state index contributed by atoms with van der Waals surface area (Å²) in [4.78, 5) is 54.4. The molecule has 8 N–H and O–H groups in total. The molecule has 0 aliphatic carbocycles. The number of aromatic amines is 1. The van der Waals surface area contributed by atoms with Gasteiger partial charge in [-0.1, -0.05) is 30.3 Å². The van der Waals surface area contributed by atoms with Crippen LogP contribution in [0.4, 0.5) is 0 Å². The maximum atomic E-state index is 12.8. The molecule has 11 nitrogen and oxygen atoms in total. The van der Waals surface area contributed by atoms with Crippen LogP contribution in [-0.4, -0.2) is 56.9 Å². The molecule has 0 saturated heterocycles. The number of H-pyrrole nitrogens is 1. The fourth-order valence-corrected chi connectivity index (χ4v) is 2.74. The number of benzene rings is 1. The quantitative estimate of drug-likeness (QED) is 0.255. The Balaban J connectivity index is 2.12. The van der Waals surface area contributed by atoms with Crippen LogP contribution in [0.25, 0.3) is 0 Å². The number of carboxylic acids is 1. The zero-order valence-electron chi connectivity index (χ0n) is 16.1. The first-order chi connectivity index (χ1) is 14.3. The van der Waals surface area contributed by atoms with Gasteiger partial charge in [0.2, 0.25) is 17.7 Å². The van der Waals surface area contributed by atoms with E-state index in [2.05, 4.69) is 20.6 Å². The molecule has 3 atom stereocenters. The number of hydrogen-bond donors (Lipinski definition) is 6. The summed E-state index contributed by atoms with van der Waals surface area (Å²) >= 11 is 0. The highest BCUT2D eigenvalue weighted by molar-refractivity contribution is 5.93. The highest BCUT2D eigenvalue weighted by Crippen LogP contribution is 2.06. The number of carbonyl (C=O) groups is 4. The molecule has 0 bridgehead atoms. The number of hydrogen-bond acceptors (Lipinski definition) is 6. The van der Waals surface area contributed by atoms with Crippen LogP contribution in [0.2, 0.25) is 0 Å². The third-order valence-corrected chi connectivity index (χ3v) is 4.27. The molecule has 2 rings (SSSR count). The first-order valence-corrected chi connectivity index (χ1v) is 9.15. The Kier molecular flexibility index (Phi) is 8.06. The third-order valence-electron chi connectivity index (χ3n) is 4.27. The van der Waals surface area contributed by atoms with Crippen molar-refractivity contribution in [3.63, 3.8) is 0 Å². The van der Waals surface area contributed by atoms with Crippen molar-refractivity contribution in [2.45, 2.75) is 37.4 Å². The Morgan fingerprint density at radius 2 is 1.70 bits per heavy atom. The van der Waals surface area contributed by atoms with Gasteiger partial charge in [-0.05, 0) is 5.56 Å². The van der Waals surface area contributed by atoms with Gasteiger partial charge in [-0.15, -0.1) is 0 Å². The Bertz CT molecular complexity index is 871. The first-order valence-electron chi connectivity index (χ1n) is 9.15. The van der Waals surface area contributed by atoms with Gasteiger partial charge < -0.3 is 32.2 Å². The van der Waals surface area contributed by atoms with E-state index in [0.29, 0.717) is 5.69 Å². The topological polar surface area (TPSA) is 193 Å². The number of amides is 3. The molecule has 0 radical (unpaired) electrons. The van der Waals surface area contributed by atoms with Crippen LogP contribution < -0.4 is 22.1 Å². The summed E-state index contributed by atoms with van der Waals surface area (Å²) in [6.07, 6.45) is 2.55. The second kappa shape index (κ2) is 10.7. The number of carboxylic acid groups (broad SMARTS) is 1. The molecule has 0 unspecified atom stereocenters. The molecule has 1 aromatic carbocycles. The minimum Gasteiger partial charge on any atom is -0.480 e. The van der Waals surface area contributed by atoms with Gasteiger partial charge in [0, 0.05) is 24.7 Å². The van der Waals surface area contributed by atoms with Gasteiger partial charge in [0.1, 0.15) is 12.1 Å². The van der Waals surface area contributed by atoms with Crippen LogP contribution in [-0.2, 0) is 32.0 Å². The Labute approximate surface area is 172 Å². The SMILES string of the molecule is NC(=O)C[C@H](N)C(=O)N[C@@H](Cc1cnc[nH]1)C(=O)N[C@@H](Cc1ccccc1)C(=O)O. The normalized spacial score (nSPS) is 13.6. The van der Waals surface area contributed by atoms with Crippen LogP contribution in [0, 0.1) is 0 Å². The number of imidazole rings is 1. The maximum absolute atomic E-state index is 12.8. The summed E-state index contributed by atoms with van der Waals surface area (Å²) in [5.74, 6) is -3.46. The number of nitrogens with zero attached hydrogens (tertiary/aromatic N) is 1. The number of rotatable bonds is 11. The molecule has 3 amide bonds. The molecule has 2 aromatic rings. The fourth-order valence-electron chi connectivity index (χ4n) is 2.74. The summed E-state index contributed by atoms with van der Waals surface area (Å²) in [6, 6.07) is 5.22. The van der Waals surface area contributed by atoms with Crippen LogP contribution in [0.15, 0.2) is 42.9 Å².